The summed E-state index contributed by atoms with van der Waals surface area (Å²) in [6.45, 7) is 0. The first-order chi connectivity index (χ1) is 6.08. The van der Waals surface area contributed by atoms with Crippen LogP contribution in [0.1, 0.15) is 12.0 Å². The molecule has 0 aliphatic heterocycles. The molecule has 70 valence electrons. The molecule has 0 unspecified atom stereocenters. The zero-order chi connectivity index (χ0) is 9.84. The van der Waals surface area contributed by atoms with Crippen LogP contribution in [0.5, 0.6) is 0 Å². The Morgan fingerprint density at radius 1 is 1.46 bits per heavy atom. The van der Waals surface area contributed by atoms with Gasteiger partial charge in [0.05, 0.1) is 0 Å². The van der Waals surface area contributed by atoms with Gasteiger partial charge in [-0.2, -0.15) is 0 Å². The Morgan fingerprint density at radius 3 is 2.69 bits per heavy atom. The van der Waals surface area contributed by atoms with Gasteiger partial charge in [-0.3, -0.25) is 4.79 Å². The Hall–Kier alpha value is -1.09. The van der Waals surface area contributed by atoms with E-state index in [1.807, 2.05) is 0 Å². The van der Waals surface area contributed by atoms with Crippen LogP contribution in [-0.4, -0.2) is 11.1 Å². The zero-order valence-corrected chi connectivity index (χ0v) is 7.51. The second kappa shape index (κ2) is 4.23. The highest BCUT2D eigenvalue weighted by Crippen LogP contribution is 2.15. The maximum Gasteiger partial charge on any atom is 0.303 e. The van der Waals surface area contributed by atoms with E-state index in [4.69, 9.17) is 16.7 Å². The van der Waals surface area contributed by atoms with E-state index in [0.717, 1.165) is 0 Å². The summed E-state index contributed by atoms with van der Waals surface area (Å²) in [6, 6.07) is 4.04. The number of aliphatic carboxylic acids is 1. The fourth-order valence-corrected chi connectivity index (χ4v) is 1.25. The first-order valence-electron chi connectivity index (χ1n) is 3.74. The molecule has 0 heterocycles. The van der Waals surface area contributed by atoms with Crippen LogP contribution < -0.4 is 0 Å². The topological polar surface area (TPSA) is 37.3 Å². The normalized spacial score (nSPS) is 10.0. The average Bonchev–Trinajstić information content (AvgIpc) is 1.99. The number of carbonyl (C=O) groups is 1. The Labute approximate surface area is 80.0 Å². The smallest absolute Gasteiger partial charge is 0.303 e. The van der Waals surface area contributed by atoms with Crippen molar-refractivity contribution in [3.8, 4) is 0 Å². The van der Waals surface area contributed by atoms with E-state index in [0.29, 0.717) is 17.0 Å². The molecule has 1 aromatic carbocycles. The predicted molar refractivity (Wildman–Crippen MR) is 47.4 cm³/mol. The number of rotatable bonds is 3. The minimum Gasteiger partial charge on any atom is -0.481 e. The van der Waals surface area contributed by atoms with Crippen molar-refractivity contribution in [2.45, 2.75) is 12.8 Å². The minimum atomic E-state index is -0.902. The van der Waals surface area contributed by atoms with Crippen LogP contribution in [0.2, 0.25) is 5.02 Å². The lowest BCUT2D eigenvalue weighted by atomic mass is 10.1. The third-order valence-corrected chi connectivity index (χ3v) is 1.77. The lowest BCUT2D eigenvalue weighted by Crippen LogP contribution is -1.97. The largest absolute Gasteiger partial charge is 0.481 e. The summed E-state index contributed by atoms with van der Waals surface area (Å²) in [6.07, 6.45) is 0.284. The third kappa shape index (κ3) is 3.42. The summed E-state index contributed by atoms with van der Waals surface area (Å²) in [5.74, 6) is -1.34. The lowest BCUT2D eigenvalue weighted by Gasteiger charge is -1.99. The van der Waals surface area contributed by atoms with Crippen LogP contribution in [0.25, 0.3) is 0 Å². The number of benzene rings is 1. The van der Waals surface area contributed by atoms with Crippen molar-refractivity contribution in [2.24, 2.45) is 0 Å². The van der Waals surface area contributed by atoms with Gasteiger partial charge in [-0.1, -0.05) is 11.6 Å². The van der Waals surface area contributed by atoms with E-state index in [-0.39, 0.29) is 6.42 Å². The summed E-state index contributed by atoms with van der Waals surface area (Å²) in [5, 5.41) is 8.68. The molecule has 0 amide bonds. The molecule has 1 N–H and O–H groups in total. The Balaban J connectivity index is 2.71. The number of carboxylic acids is 1. The van der Waals surface area contributed by atoms with Gasteiger partial charge in [-0.15, -0.1) is 0 Å². The maximum absolute atomic E-state index is 12.7. The molecule has 13 heavy (non-hydrogen) atoms. The number of carboxylic acid groups (broad SMARTS) is 1. The van der Waals surface area contributed by atoms with Gasteiger partial charge >= 0.3 is 5.97 Å². The molecule has 1 rings (SSSR count). The van der Waals surface area contributed by atoms with E-state index >= 15 is 0 Å². The van der Waals surface area contributed by atoms with Crippen LogP contribution in [0.15, 0.2) is 18.2 Å². The summed E-state index contributed by atoms with van der Waals surface area (Å²) in [7, 11) is 0. The molecule has 4 heteroatoms. The molecule has 0 aliphatic rings. The second-order valence-electron chi connectivity index (χ2n) is 2.67. The van der Waals surface area contributed by atoms with Crippen molar-refractivity contribution in [3.63, 3.8) is 0 Å². The summed E-state index contributed by atoms with van der Waals surface area (Å²) >= 11 is 5.58. The van der Waals surface area contributed by atoms with Crippen LogP contribution in [-0.2, 0) is 11.2 Å². The number of aryl methyl sites for hydroxylation is 1. The van der Waals surface area contributed by atoms with Crippen molar-refractivity contribution in [2.75, 3.05) is 0 Å². The van der Waals surface area contributed by atoms with Gasteiger partial charge in [0.15, 0.2) is 0 Å². The SMILES string of the molecule is O=C(O)CCc1cc(F)cc(Cl)c1. The number of hydrogen-bond acceptors (Lipinski definition) is 1. The molecule has 0 fully saturated rings. The molecule has 0 saturated carbocycles. The Kier molecular flexibility index (Phi) is 3.25. The molecule has 1 aromatic rings. The van der Waals surface area contributed by atoms with Crippen molar-refractivity contribution in [1.82, 2.24) is 0 Å². The van der Waals surface area contributed by atoms with Crippen molar-refractivity contribution in [1.29, 1.82) is 0 Å². The Bertz CT molecular complexity index is 305. The lowest BCUT2D eigenvalue weighted by molar-refractivity contribution is -0.136. The molecule has 0 atom stereocenters. The highest BCUT2D eigenvalue weighted by atomic mass is 35.5. The molecule has 2 nitrogen and oxygen atoms in total. The first-order valence-corrected chi connectivity index (χ1v) is 4.12. The molecule has 0 aliphatic carbocycles. The first kappa shape index (κ1) is 9.99. The standard InChI is InChI=1S/C9H8ClFO2/c10-7-3-6(1-2-9(12)13)4-8(11)5-7/h3-5H,1-2H2,(H,12,13). The second-order valence-corrected chi connectivity index (χ2v) is 3.11. The summed E-state index contributed by atoms with van der Waals surface area (Å²) < 4.78 is 12.7. The van der Waals surface area contributed by atoms with Gasteiger partial charge in [0.2, 0.25) is 0 Å². The van der Waals surface area contributed by atoms with E-state index in [1.165, 1.54) is 12.1 Å². The molecular formula is C9H8ClFO2. The molecule has 0 radical (unpaired) electrons. The van der Waals surface area contributed by atoms with E-state index in [9.17, 15) is 9.18 Å². The zero-order valence-electron chi connectivity index (χ0n) is 6.76. The molecule has 0 spiro atoms. The predicted octanol–water partition coefficient (Wildman–Crippen LogP) is 2.50. The van der Waals surface area contributed by atoms with Gasteiger partial charge in [-0.05, 0) is 30.2 Å². The number of hydrogen-bond donors (Lipinski definition) is 1. The third-order valence-electron chi connectivity index (χ3n) is 1.55. The van der Waals surface area contributed by atoms with Crippen LogP contribution in [0.4, 0.5) is 4.39 Å². The fourth-order valence-electron chi connectivity index (χ4n) is 1.01. The van der Waals surface area contributed by atoms with E-state index in [1.54, 1.807) is 6.07 Å². The van der Waals surface area contributed by atoms with E-state index < -0.39 is 11.8 Å². The Morgan fingerprint density at radius 2 is 2.15 bits per heavy atom. The van der Waals surface area contributed by atoms with Crippen LogP contribution in [0.3, 0.4) is 0 Å². The van der Waals surface area contributed by atoms with Gasteiger partial charge in [0, 0.05) is 11.4 Å². The van der Waals surface area contributed by atoms with Crippen molar-refractivity contribution >= 4 is 17.6 Å². The highest BCUT2D eigenvalue weighted by Gasteiger charge is 2.02. The fraction of sp³-hybridized carbons (Fsp3) is 0.222. The minimum absolute atomic E-state index is 0.0141. The monoisotopic (exact) mass is 202 g/mol. The van der Waals surface area contributed by atoms with Crippen LogP contribution >= 0.6 is 11.6 Å². The maximum atomic E-state index is 12.7. The molecular weight excluding hydrogens is 195 g/mol. The van der Waals surface area contributed by atoms with Crippen molar-refractivity contribution < 1.29 is 14.3 Å². The number of halogens is 2. The highest BCUT2D eigenvalue weighted by molar-refractivity contribution is 6.30. The van der Waals surface area contributed by atoms with E-state index in [2.05, 4.69) is 0 Å². The van der Waals surface area contributed by atoms with Crippen LogP contribution in [0, 0.1) is 5.82 Å². The summed E-state index contributed by atoms with van der Waals surface area (Å²) in [4.78, 5) is 10.2. The average molecular weight is 203 g/mol. The van der Waals surface area contributed by atoms with Gasteiger partial charge in [-0.25, -0.2) is 4.39 Å². The van der Waals surface area contributed by atoms with Crippen molar-refractivity contribution in [3.05, 3.63) is 34.6 Å². The quantitative estimate of drug-likeness (QED) is 0.818. The van der Waals surface area contributed by atoms with Gasteiger partial charge in [0.25, 0.3) is 0 Å². The van der Waals surface area contributed by atoms with Gasteiger partial charge < -0.3 is 5.11 Å². The summed E-state index contributed by atoms with van der Waals surface area (Å²) in [5.41, 5.74) is 0.604. The molecule has 0 saturated heterocycles. The molecule has 0 aromatic heterocycles. The molecule has 0 bridgehead atoms. The van der Waals surface area contributed by atoms with Gasteiger partial charge in [0.1, 0.15) is 5.82 Å².